The van der Waals surface area contributed by atoms with E-state index in [9.17, 15) is 9.59 Å². The van der Waals surface area contributed by atoms with E-state index in [0.29, 0.717) is 24.6 Å². The summed E-state index contributed by atoms with van der Waals surface area (Å²) >= 11 is 0. The molecule has 0 saturated carbocycles. The maximum Gasteiger partial charge on any atom is 0.303 e. The average Bonchev–Trinajstić information content (AvgIpc) is 2.40. The molecule has 0 aliphatic carbocycles. The van der Waals surface area contributed by atoms with Crippen LogP contribution in [-0.4, -0.2) is 48.7 Å². The average molecular weight is 293 g/mol. The van der Waals surface area contributed by atoms with E-state index in [1.165, 1.54) is 0 Å². The van der Waals surface area contributed by atoms with Crippen molar-refractivity contribution in [3.8, 4) is 11.5 Å². The third kappa shape index (κ3) is 3.87. The fraction of sp³-hybridized carbons (Fsp3) is 0.467. The van der Waals surface area contributed by atoms with Crippen molar-refractivity contribution in [2.45, 2.75) is 13.3 Å². The normalized spacial score (nSPS) is 14.5. The summed E-state index contributed by atoms with van der Waals surface area (Å²) in [5, 5.41) is 8.66. The Hall–Kier alpha value is -2.24. The zero-order valence-corrected chi connectivity index (χ0v) is 12.2. The Balaban J connectivity index is 1.81. The smallest absolute Gasteiger partial charge is 0.303 e. The number of aliphatic carboxylic acids is 1. The Morgan fingerprint density at radius 2 is 2.05 bits per heavy atom. The van der Waals surface area contributed by atoms with Crippen LogP contribution in [-0.2, 0) is 9.59 Å². The molecule has 0 aromatic heterocycles. The van der Waals surface area contributed by atoms with Gasteiger partial charge in [0.2, 0.25) is 0 Å². The maximum absolute atomic E-state index is 11.9. The van der Waals surface area contributed by atoms with E-state index in [4.69, 9.17) is 14.6 Å². The van der Waals surface area contributed by atoms with Gasteiger partial charge in [0.05, 0.1) is 13.5 Å². The number of carboxylic acid groups (broad SMARTS) is 1. The number of nitrogens with zero attached hydrogens (tertiary/aromatic N) is 1. The van der Waals surface area contributed by atoms with Crippen molar-refractivity contribution >= 4 is 11.9 Å². The summed E-state index contributed by atoms with van der Waals surface area (Å²) in [6.45, 7) is 2.85. The SMILES string of the molecule is COc1cc(C)ccc1OCC(=O)N1CC(CC(=O)O)C1. The van der Waals surface area contributed by atoms with Crippen LogP contribution < -0.4 is 9.47 Å². The van der Waals surface area contributed by atoms with E-state index < -0.39 is 5.97 Å². The van der Waals surface area contributed by atoms with Gasteiger partial charge in [-0.25, -0.2) is 0 Å². The van der Waals surface area contributed by atoms with Crippen molar-refractivity contribution in [3.63, 3.8) is 0 Å². The molecule has 1 aromatic rings. The van der Waals surface area contributed by atoms with Crippen molar-refractivity contribution in [2.24, 2.45) is 5.92 Å². The van der Waals surface area contributed by atoms with Crippen molar-refractivity contribution in [1.82, 2.24) is 4.90 Å². The number of methoxy groups -OCH3 is 1. The van der Waals surface area contributed by atoms with Crippen LogP contribution in [0.3, 0.4) is 0 Å². The second-order valence-corrected chi connectivity index (χ2v) is 5.21. The van der Waals surface area contributed by atoms with E-state index in [1.807, 2.05) is 19.1 Å². The van der Waals surface area contributed by atoms with Gasteiger partial charge in [-0.05, 0) is 24.6 Å². The van der Waals surface area contributed by atoms with Gasteiger partial charge in [0, 0.05) is 19.0 Å². The van der Waals surface area contributed by atoms with Gasteiger partial charge in [-0.3, -0.25) is 9.59 Å². The molecule has 1 aliphatic heterocycles. The second kappa shape index (κ2) is 6.47. The highest BCUT2D eigenvalue weighted by Gasteiger charge is 2.32. The lowest BCUT2D eigenvalue weighted by Gasteiger charge is -2.38. The molecule has 1 aromatic carbocycles. The largest absolute Gasteiger partial charge is 0.493 e. The highest BCUT2D eigenvalue weighted by atomic mass is 16.5. The number of hydrogen-bond acceptors (Lipinski definition) is 4. The summed E-state index contributed by atoms with van der Waals surface area (Å²) < 4.78 is 10.7. The number of rotatable bonds is 6. The van der Waals surface area contributed by atoms with Crippen LogP contribution >= 0.6 is 0 Å². The number of carbonyl (C=O) groups is 2. The van der Waals surface area contributed by atoms with E-state index >= 15 is 0 Å². The minimum Gasteiger partial charge on any atom is -0.493 e. The van der Waals surface area contributed by atoms with Crippen molar-refractivity contribution < 1.29 is 24.2 Å². The molecule has 6 heteroatoms. The van der Waals surface area contributed by atoms with E-state index in [1.54, 1.807) is 18.1 Å². The number of carbonyl (C=O) groups excluding carboxylic acids is 1. The summed E-state index contributed by atoms with van der Waals surface area (Å²) in [6.07, 6.45) is 0.108. The first-order chi connectivity index (χ1) is 9.99. The van der Waals surface area contributed by atoms with Gasteiger partial charge < -0.3 is 19.5 Å². The summed E-state index contributed by atoms with van der Waals surface area (Å²) in [4.78, 5) is 24.1. The quantitative estimate of drug-likeness (QED) is 0.856. The van der Waals surface area contributed by atoms with Crippen LogP contribution in [0.15, 0.2) is 18.2 Å². The van der Waals surface area contributed by atoms with E-state index in [0.717, 1.165) is 5.56 Å². The van der Waals surface area contributed by atoms with Crippen LogP contribution in [0.2, 0.25) is 0 Å². The van der Waals surface area contributed by atoms with E-state index in [-0.39, 0.29) is 24.9 Å². The van der Waals surface area contributed by atoms with Crippen LogP contribution in [0.25, 0.3) is 0 Å². The van der Waals surface area contributed by atoms with Crippen LogP contribution in [0.1, 0.15) is 12.0 Å². The monoisotopic (exact) mass is 293 g/mol. The van der Waals surface area contributed by atoms with Crippen LogP contribution in [0, 0.1) is 12.8 Å². The van der Waals surface area contributed by atoms with Gasteiger partial charge in [-0.2, -0.15) is 0 Å². The molecule has 0 atom stereocenters. The topological polar surface area (TPSA) is 76.1 Å². The first-order valence-corrected chi connectivity index (χ1v) is 6.76. The molecule has 0 spiro atoms. The van der Waals surface area contributed by atoms with Gasteiger partial charge in [-0.15, -0.1) is 0 Å². The van der Waals surface area contributed by atoms with Crippen molar-refractivity contribution in [2.75, 3.05) is 26.8 Å². The molecule has 1 aliphatic rings. The maximum atomic E-state index is 11.9. The zero-order valence-electron chi connectivity index (χ0n) is 12.2. The molecule has 2 rings (SSSR count). The molecule has 21 heavy (non-hydrogen) atoms. The molecule has 1 amide bonds. The molecule has 114 valence electrons. The van der Waals surface area contributed by atoms with Crippen molar-refractivity contribution in [3.05, 3.63) is 23.8 Å². The molecule has 6 nitrogen and oxygen atoms in total. The van der Waals surface area contributed by atoms with Gasteiger partial charge in [0.15, 0.2) is 18.1 Å². The Morgan fingerprint density at radius 1 is 1.33 bits per heavy atom. The number of ether oxygens (including phenoxy) is 2. The molecular formula is C15H19NO5. The van der Waals surface area contributed by atoms with Crippen molar-refractivity contribution in [1.29, 1.82) is 0 Å². The Kier molecular flexibility index (Phi) is 4.67. The first kappa shape index (κ1) is 15.2. The summed E-state index contributed by atoms with van der Waals surface area (Å²) in [7, 11) is 1.55. The molecule has 1 heterocycles. The zero-order chi connectivity index (χ0) is 15.4. The lowest BCUT2D eigenvalue weighted by Crippen LogP contribution is -2.52. The van der Waals surface area contributed by atoms with Gasteiger partial charge in [0.1, 0.15) is 0 Å². The number of amides is 1. The van der Waals surface area contributed by atoms with E-state index in [2.05, 4.69) is 0 Å². The molecule has 0 bridgehead atoms. The lowest BCUT2D eigenvalue weighted by atomic mass is 9.96. The minimum atomic E-state index is -0.826. The van der Waals surface area contributed by atoms with Gasteiger partial charge in [-0.1, -0.05) is 6.07 Å². The molecule has 1 fully saturated rings. The Morgan fingerprint density at radius 3 is 2.67 bits per heavy atom. The Bertz CT molecular complexity index is 537. The van der Waals surface area contributed by atoms with Crippen LogP contribution in [0.4, 0.5) is 0 Å². The minimum absolute atomic E-state index is 0.0559. The molecule has 0 radical (unpaired) electrons. The predicted octanol–water partition coefficient (Wildman–Crippen LogP) is 1.32. The standard InChI is InChI=1S/C15H19NO5/c1-10-3-4-12(13(5-10)20-2)21-9-14(17)16-7-11(8-16)6-15(18)19/h3-5,11H,6-9H2,1-2H3,(H,18,19). The summed E-state index contributed by atoms with van der Waals surface area (Å²) in [5.74, 6) is 0.210. The highest BCUT2D eigenvalue weighted by molar-refractivity contribution is 5.79. The second-order valence-electron chi connectivity index (χ2n) is 5.21. The molecular weight excluding hydrogens is 274 g/mol. The van der Waals surface area contributed by atoms with Crippen LogP contribution in [0.5, 0.6) is 11.5 Å². The third-order valence-electron chi connectivity index (χ3n) is 3.44. The fourth-order valence-corrected chi connectivity index (χ4v) is 2.27. The summed E-state index contributed by atoms with van der Waals surface area (Å²) in [6, 6.07) is 5.49. The lowest BCUT2D eigenvalue weighted by molar-refractivity contribution is -0.146. The molecule has 1 N–H and O–H groups in total. The number of benzene rings is 1. The molecule has 0 unspecified atom stereocenters. The fourth-order valence-electron chi connectivity index (χ4n) is 2.27. The Labute approximate surface area is 123 Å². The molecule has 1 saturated heterocycles. The first-order valence-electron chi connectivity index (χ1n) is 6.76. The summed E-state index contributed by atoms with van der Waals surface area (Å²) in [5.41, 5.74) is 1.05. The highest BCUT2D eigenvalue weighted by Crippen LogP contribution is 2.28. The third-order valence-corrected chi connectivity index (χ3v) is 3.44. The number of hydrogen-bond donors (Lipinski definition) is 1. The number of carboxylic acids is 1. The number of likely N-dealkylation sites (tertiary alicyclic amines) is 1. The van der Waals surface area contributed by atoms with Gasteiger partial charge in [0.25, 0.3) is 5.91 Å². The predicted molar refractivity (Wildman–Crippen MR) is 75.5 cm³/mol. The number of aryl methyl sites for hydroxylation is 1. The van der Waals surface area contributed by atoms with Gasteiger partial charge >= 0.3 is 5.97 Å².